The van der Waals surface area contributed by atoms with Crippen LogP contribution >= 0.6 is 15.9 Å². The van der Waals surface area contributed by atoms with Gasteiger partial charge in [0.15, 0.2) is 0 Å². The van der Waals surface area contributed by atoms with E-state index in [-0.39, 0.29) is 0 Å². The molecule has 0 bridgehead atoms. The minimum absolute atomic E-state index is 0.429. The molecule has 0 atom stereocenters. The molecule has 10 heavy (non-hydrogen) atoms. The van der Waals surface area contributed by atoms with Crippen molar-refractivity contribution in [2.45, 2.75) is 25.8 Å². The van der Waals surface area contributed by atoms with Crippen LogP contribution in [0.3, 0.4) is 0 Å². The van der Waals surface area contributed by atoms with Crippen molar-refractivity contribution < 1.29 is 0 Å². The normalized spacial score (nSPS) is 18.8. The largest absolute Gasteiger partial charge is 0.386 e. The minimum Gasteiger partial charge on any atom is -0.386 e. The van der Waals surface area contributed by atoms with E-state index in [1.54, 1.807) is 6.08 Å². The van der Waals surface area contributed by atoms with E-state index < -0.39 is 0 Å². The highest BCUT2D eigenvalue weighted by molar-refractivity contribution is 9.18. The van der Waals surface area contributed by atoms with Gasteiger partial charge in [-0.1, -0.05) is 0 Å². The highest BCUT2D eigenvalue weighted by Crippen LogP contribution is 2.19. The summed E-state index contributed by atoms with van der Waals surface area (Å²) in [6, 6.07) is 0.683. The van der Waals surface area contributed by atoms with Crippen molar-refractivity contribution in [3.05, 3.63) is 11.8 Å². The molecular weight excluding hydrogens is 192 g/mol. The number of rotatable bonds is 3. The predicted molar refractivity (Wildman–Crippen MR) is 46.6 cm³/mol. The summed E-state index contributed by atoms with van der Waals surface area (Å²) in [5.74, 6) is 0. The lowest BCUT2D eigenvalue weighted by Gasteiger charge is -2.01. The molecule has 1 fully saturated rings. The van der Waals surface area contributed by atoms with Crippen LogP contribution in [0.25, 0.3) is 0 Å². The van der Waals surface area contributed by atoms with E-state index in [1.165, 1.54) is 12.8 Å². The summed E-state index contributed by atoms with van der Waals surface area (Å²) < 4.78 is 0.429. The minimum atomic E-state index is 0.429. The van der Waals surface area contributed by atoms with Crippen LogP contribution in [0, 0.1) is 5.41 Å². The summed E-state index contributed by atoms with van der Waals surface area (Å²) in [7, 11) is 0. The zero-order valence-corrected chi connectivity index (χ0v) is 7.53. The van der Waals surface area contributed by atoms with Gasteiger partial charge in [0.25, 0.3) is 0 Å². The summed E-state index contributed by atoms with van der Waals surface area (Å²) in [5.41, 5.74) is 1.07. The Bertz CT molecular complexity index is 170. The first kappa shape index (κ1) is 7.79. The molecule has 0 saturated heterocycles. The van der Waals surface area contributed by atoms with Gasteiger partial charge in [0.05, 0.1) is 4.62 Å². The van der Waals surface area contributed by atoms with Gasteiger partial charge in [-0.3, -0.25) is 5.41 Å². The van der Waals surface area contributed by atoms with Crippen LogP contribution in [-0.4, -0.2) is 10.7 Å². The molecule has 1 aliphatic rings. The standard InChI is InChI=1S/C7H11BrN2/c1-5(4-7(8)9)10-6-2-3-6/h4,6,9-10H,2-3H2,1H3/b5-4-,9-7?. The van der Waals surface area contributed by atoms with Gasteiger partial charge in [-0.25, -0.2) is 0 Å². The zero-order valence-electron chi connectivity index (χ0n) is 5.95. The second-order valence-electron chi connectivity index (χ2n) is 2.59. The van der Waals surface area contributed by atoms with Crippen LogP contribution in [0.5, 0.6) is 0 Å². The lowest BCUT2D eigenvalue weighted by atomic mass is 10.4. The first-order chi connectivity index (χ1) is 4.68. The Kier molecular flexibility index (Phi) is 2.49. The first-order valence-electron chi connectivity index (χ1n) is 3.37. The molecule has 0 amide bonds. The van der Waals surface area contributed by atoms with Crippen LogP contribution in [0.15, 0.2) is 11.8 Å². The van der Waals surface area contributed by atoms with Crippen molar-refractivity contribution in [3.63, 3.8) is 0 Å². The van der Waals surface area contributed by atoms with E-state index >= 15 is 0 Å². The Morgan fingerprint density at radius 3 is 2.70 bits per heavy atom. The fourth-order valence-corrected chi connectivity index (χ4v) is 1.12. The van der Waals surface area contributed by atoms with Gasteiger partial charge >= 0.3 is 0 Å². The lowest BCUT2D eigenvalue weighted by molar-refractivity contribution is 0.807. The van der Waals surface area contributed by atoms with Gasteiger partial charge in [0.2, 0.25) is 0 Å². The predicted octanol–water partition coefficient (Wildman–Crippen LogP) is 2.01. The summed E-state index contributed by atoms with van der Waals surface area (Å²) >= 11 is 3.05. The fraction of sp³-hybridized carbons (Fsp3) is 0.571. The maximum Gasteiger partial charge on any atom is 0.0983 e. The molecule has 0 heterocycles. The number of nitrogens with one attached hydrogen (secondary N) is 2. The molecule has 2 nitrogen and oxygen atoms in total. The molecule has 0 aliphatic heterocycles. The first-order valence-corrected chi connectivity index (χ1v) is 4.16. The Morgan fingerprint density at radius 2 is 2.30 bits per heavy atom. The maximum absolute atomic E-state index is 7.09. The van der Waals surface area contributed by atoms with Crippen LogP contribution in [-0.2, 0) is 0 Å². The molecule has 0 spiro atoms. The van der Waals surface area contributed by atoms with Crippen molar-refractivity contribution >= 4 is 20.6 Å². The Labute approximate surface area is 69.3 Å². The number of hydrogen-bond donors (Lipinski definition) is 2. The van der Waals surface area contributed by atoms with E-state index in [0.29, 0.717) is 10.7 Å². The van der Waals surface area contributed by atoms with Crippen molar-refractivity contribution in [1.29, 1.82) is 5.41 Å². The Hall–Kier alpha value is -0.310. The molecule has 1 rings (SSSR count). The SMILES string of the molecule is C/C(=C/C(=N)Br)NC1CC1. The molecule has 56 valence electrons. The van der Waals surface area contributed by atoms with Gasteiger partial charge in [0.1, 0.15) is 0 Å². The molecule has 0 aromatic rings. The molecule has 2 N–H and O–H groups in total. The van der Waals surface area contributed by atoms with Crippen molar-refractivity contribution in [1.82, 2.24) is 5.32 Å². The van der Waals surface area contributed by atoms with Gasteiger partial charge in [0, 0.05) is 11.7 Å². The molecule has 0 aromatic heterocycles. The molecular formula is C7H11BrN2. The third-order valence-electron chi connectivity index (χ3n) is 1.35. The molecule has 0 unspecified atom stereocenters. The van der Waals surface area contributed by atoms with E-state index in [9.17, 15) is 0 Å². The maximum atomic E-state index is 7.09. The second-order valence-corrected chi connectivity index (χ2v) is 3.45. The van der Waals surface area contributed by atoms with E-state index in [2.05, 4.69) is 21.2 Å². The molecule has 0 aromatic carbocycles. The van der Waals surface area contributed by atoms with Crippen LogP contribution in [0.1, 0.15) is 19.8 Å². The highest BCUT2D eigenvalue weighted by atomic mass is 79.9. The van der Waals surface area contributed by atoms with E-state index in [4.69, 9.17) is 5.41 Å². The summed E-state index contributed by atoms with van der Waals surface area (Å²) in [5, 5.41) is 10.4. The van der Waals surface area contributed by atoms with Gasteiger partial charge in [-0.15, -0.1) is 0 Å². The van der Waals surface area contributed by atoms with Crippen LogP contribution in [0.4, 0.5) is 0 Å². The van der Waals surface area contributed by atoms with Crippen LogP contribution in [0.2, 0.25) is 0 Å². The van der Waals surface area contributed by atoms with Crippen LogP contribution < -0.4 is 5.32 Å². The van der Waals surface area contributed by atoms with Gasteiger partial charge in [-0.05, 0) is 41.8 Å². The summed E-state index contributed by atoms with van der Waals surface area (Å²) in [6.45, 7) is 1.98. The van der Waals surface area contributed by atoms with Gasteiger partial charge < -0.3 is 5.32 Å². The molecule has 1 aliphatic carbocycles. The van der Waals surface area contributed by atoms with E-state index in [1.807, 2.05) is 6.92 Å². The summed E-state index contributed by atoms with van der Waals surface area (Å²) in [6.07, 6.45) is 4.33. The third kappa shape index (κ3) is 3.01. The fourth-order valence-electron chi connectivity index (χ4n) is 0.781. The average Bonchev–Trinajstić information content (AvgIpc) is 2.46. The van der Waals surface area contributed by atoms with Crippen molar-refractivity contribution in [3.8, 4) is 0 Å². The smallest absolute Gasteiger partial charge is 0.0983 e. The van der Waals surface area contributed by atoms with Gasteiger partial charge in [-0.2, -0.15) is 0 Å². The van der Waals surface area contributed by atoms with Crippen molar-refractivity contribution in [2.75, 3.05) is 0 Å². The number of halogens is 1. The molecule has 1 saturated carbocycles. The highest BCUT2D eigenvalue weighted by Gasteiger charge is 2.20. The van der Waals surface area contributed by atoms with Crippen molar-refractivity contribution in [2.24, 2.45) is 0 Å². The number of allylic oxidation sites excluding steroid dienone is 2. The topological polar surface area (TPSA) is 35.9 Å². The average molecular weight is 203 g/mol. The summed E-state index contributed by atoms with van der Waals surface area (Å²) in [4.78, 5) is 0. The Balaban J connectivity index is 2.30. The third-order valence-corrected chi connectivity index (χ3v) is 1.58. The quantitative estimate of drug-likeness (QED) is 0.676. The Morgan fingerprint density at radius 1 is 1.70 bits per heavy atom. The second kappa shape index (κ2) is 3.19. The lowest BCUT2D eigenvalue weighted by Crippen LogP contribution is -2.13. The molecule has 0 radical (unpaired) electrons. The monoisotopic (exact) mass is 202 g/mol. The number of hydrogen-bond acceptors (Lipinski definition) is 2. The zero-order chi connectivity index (χ0) is 7.56. The van der Waals surface area contributed by atoms with E-state index in [0.717, 1.165) is 5.70 Å². The molecule has 3 heteroatoms.